The summed E-state index contributed by atoms with van der Waals surface area (Å²) in [6.07, 6.45) is 3.55. The molecule has 4 N–H and O–H groups in total. The van der Waals surface area contributed by atoms with Crippen molar-refractivity contribution in [1.82, 2.24) is 4.98 Å². The Kier molecular flexibility index (Phi) is 1.32. The Bertz CT molecular complexity index is 453. The van der Waals surface area contributed by atoms with Gasteiger partial charge < -0.3 is 15.3 Å². The molecule has 1 aromatic rings. The highest BCUT2D eigenvalue weighted by Gasteiger charge is 2.50. The van der Waals surface area contributed by atoms with Gasteiger partial charge in [-0.2, -0.15) is 0 Å². The van der Waals surface area contributed by atoms with Gasteiger partial charge in [-0.05, 0) is 0 Å². The molecule has 0 aromatic carbocycles. The van der Waals surface area contributed by atoms with Gasteiger partial charge in [0.1, 0.15) is 0 Å². The molecule has 0 saturated heterocycles. The second kappa shape index (κ2) is 2.36. The van der Waals surface area contributed by atoms with Crippen molar-refractivity contribution in [2.45, 2.75) is 11.8 Å². The third-order valence-electron chi connectivity index (χ3n) is 3.29. The Morgan fingerprint density at radius 2 is 1.60 bits per heavy atom. The van der Waals surface area contributed by atoms with Gasteiger partial charge in [-0.25, -0.2) is 0 Å². The lowest BCUT2D eigenvalue weighted by molar-refractivity contribution is -0.141. The maximum Gasteiger partial charge on any atom is 0.308 e. The first-order valence-corrected chi connectivity index (χ1v) is 4.66. The van der Waals surface area contributed by atoms with Crippen molar-refractivity contribution in [3.05, 3.63) is 23.3 Å². The Labute approximate surface area is 84.7 Å². The fourth-order valence-electron chi connectivity index (χ4n) is 2.74. The molecule has 2 aliphatic rings. The van der Waals surface area contributed by atoms with Crippen molar-refractivity contribution in [1.29, 1.82) is 0 Å². The summed E-state index contributed by atoms with van der Waals surface area (Å²) in [5.41, 5.74) is 1.07. The van der Waals surface area contributed by atoms with Crippen LogP contribution in [0.25, 0.3) is 0 Å². The minimum atomic E-state index is -0.898. The van der Waals surface area contributed by atoms with Crippen molar-refractivity contribution in [2.24, 2.45) is 5.92 Å². The minimum Gasteiger partial charge on any atom is -0.494 e. The maximum absolute atomic E-state index is 11.0. The van der Waals surface area contributed by atoms with Crippen molar-refractivity contribution in [3.63, 3.8) is 0 Å². The summed E-state index contributed by atoms with van der Waals surface area (Å²) in [7, 11) is 0. The van der Waals surface area contributed by atoms with E-state index >= 15 is 0 Å². The summed E-state index contributed by atoms with van der Waals surface area (Å²) < 4.78 is 0. The summed E-state index contributed by atoms with van der Waals surface area (Å²) in [5, 5.41) is 28.1. The lowest BCUT2D eigenvalue weighted by Crippen LogP contribution is -2.17. The smallest absolute Gasteiger partial charge is 0.308 e. The first-order valence-electron chi connectivity index (χ1n) is 4.66. The molecule has 0 saturated carbocycles. The number of carbonyl (C=O) groups is 1. The van der Waals surface area contributed by atoms with Crippen LogP contribution >= 0.6 is 0 Å². The molecular weight excluding hydrogens is 198 g/mol. The van der Waals surface area contributed by atoms with Crippen molar-refractivity contribution >= 4 is 5.97 Å². The lowest BCUT2D eigenvalue weighted by atomic mass is 9.94. The van der Waals surface area contributed by atoms with E-state index in [1.54, 1.807) is 12.2 Å². The van der Waals surface area contributed by atoms with Crippen LogP contribution < -0.4 is 0 Å². The van der Waals surface area contributed by atoms with Crippen LogP contribution in [0.5, 0.6) is 11.8 Å². The van der Waals surface area contributed by atoms with Gasteiger partial charge in [-0.3, -0.25) is 9.78 Å². The van der Waals surface area contributed by atoms with Crippen molar-refractivity contribution in [3.8, 4) is 11.8 Å². The molecule has 2 bridgehead atoms. The predicted molar refractivity (Wildman–Crippen MR) is 49.9 cm³/mol. The Hall–Kier alpha value is -1.91. The van der Waals surface area contributed by atoms with Crippen LogP contribution in [0.1, 0.15) is 23.0 Å². The largest absolute Gasteiger partial charge is 0.494 e. The van der Waals surface area contributed by atoms with Crippen LogP contribution in [0.4, 0.5) is 0 Å². The molecular formula is C10H9NO4. The van der Waals surface area contributed by atoms with Gasteiger partial charge in [-0.1, -0.05) is 12.2 Å². The highest BCUT2D eigenvalue weighted by molar-refractivity contribution is 5.79. The lowest BCUT2D eigenvalue weighted by Gasteiger charge is -2.10. The number of carboxylic acid groups (broad SMARTS) is 1. The SMILES string of the molecule is O=C(O)C1C2C=CC1c1c(O)[nH]c(O)c12. The number of H-pyrrole nitrogens is 1. The van der Waals surface area contributed by atoms with Crippen LogP contribution in [-0.2, 0) is 4.79 Å². The molecule has 5 nitrogen and oxygen atoms in total. The number of nitrogens with one attached hydrogen (secondary N) is 1. The van der Waals surface area contributed by atoms with E-state index in [-0.39, 0.29) is 23.6 Å². The number of aromatic hydroxyl groups is 2. The summed E-state index contributed by atoms with van der Waals surface area (Å²) in [4.78, 5) is 13.5. The van der Waals surface area contributed by atoms with Crippen LogP contribution in [-0.4, -0.2) is 26.3 Å². The molecule has 1 aromatic heterocycles. The fraction of sp³-hybridized carbons (Fsp3) is 0.300. The van der Waals surface area contributed by atoms with E-state index in [0.29, 0.717) is 11.1 Å². The molecule has 1 heterocycles. The second-order valence-electron chi connectivity index (χ2n) is 3.95. The molecule has 78 valence electrons. The average molecular weight is 207 g/mol. The molecule has 0 amide bonds. The zero-order valence-electron chi connectivity index (χ0n) is 7.64. The molecule has 2 atom stereocenters. The summed E-state index contributed by atoms with van der Waals surface area (Å²) in [5.74, 6) is -2.36. The van der Waals surface area contributed by atoms with E-state index in [4.69, 9.17) is 5.11 Å². The number of carboxylic acids is 1. The number of allylic oxidation sites excluding steroid dienone is 2. The van der Waals surface area contributed by atoms with E-state index in [2.05, 4.69) is 4.98 Å². The zero-order chi connectivity index (χ0) is 10.7. The molecule has 0 spiro atoms. The van der Waals surface area contributed by atoms with Gasteiger partial charge >= 0.3 is 5.97 Å². The summed E-state index contributed by atoms with van der Waals surface area (Å²) in [6, 6.07) is 0. The van der Waals surface area contributed by atoms with E-state index in [1.807, 2.05) is 0 Å². The Balaban J connectivity index is 2.20. The molecule has 0 radical (unpaired) electrons. The van der Waals surface area contributed by atoms with Crippen LogP contribution in [0.3, 0.4) is 0 Å². The van der Waals surface area contributed by atoms with E-state index in [1.165, 1.54) is 0 Å². The topological polar surface area (TPSA) is 93.5 Å². The molecule has 0 aliphatic heterocycles. The molecule has 2 aliphatic carbocycles. The number of aromatic nitrogens is 1. The molecule has 15 heavy (non-hydrogen) atoms. The number of rotatable bonds is 1. The normalized spacial score (nSPS) is 30.8. The van der Waals surface area contributed by atoms with Gasteiger partial charge in [-0.15, -0.1) is 0 Å². The standard InChI is InChI=1S/C10H9NO4/c12-8-6-3-1-2-4(5(3)10(14)15)7(6)9(13)11-8/h1-5,11-13H,(H,14,15). The maximum atomic E-state index is 11.0. The summed E-state index contributed by atoms with van der Waals surface area (Å²) >= 11 is 0. The highest BCUT2D eigenvalue weighted by Crippen LogP contribution is 2.58. The molecule has 5 heteroatoms. The van der Waals surface area contributed by atoms with Gasteiger partial charge in [0, 0.05) is 23.0 Å². The predicted octanol–water partition coefficient (Wildman–Crippen LogP) is 0.877. The molecule has 2 unspecified atom stereocenters. The minimum absolute atomic E-state index is 0.120. The highest BCUT2D eigenvalue weighted by atomic mass is 16.4. The van der Waals surface area contributed by atoms with E-state index in [0.717, 1.165) is 0 Å². The third-order valence-corrected chi connectivity index (χ3v) is 3.29. The van der Waals surface area contributed by atoms with E-state index in [9.17, 15) is 15.0 Å². The van der Waals surface area contributed by atoms with E-state index < -0.39 is 11.9 Å². The quantitative estimate of drug-likeness (QED) is 0.514. The number of hydrogen-bond donors (Lipinski definition) is 4. The van der Waals surface area contributed by atoms with Gasteiger partial charge in [0.15, 0.2) is 11.8 Å². The number of aliphatic carboxylic acids is 1. The molecule has 3 rings (SSSR count). The van der Waals surface area contributed by atoms with Gasteiger partial charge in [0.05, 0.1) is 5.92 Å². The first-order chi connectivity index (χ1) is 7.11. The second-order valence-corrected chi connectivity index (χ2v) is 3.95. The van der Waals surface area contributed by atoms with Crippen LogP contribution in [0, 0.1) is 5.92 Å². The fourth-order valence-corrected chi connectivity index (χ4v) is 2.74. The monoisotopic (exact) mass is 207 g/mol. The van der Waals surface area contributed by atoms with Crippen LogP contribution in [0.2, 0.25) is 0 Å². The Morgan fingerprint density at radius 3 is 2.00 bits per heavy atom. The van der Waals surface area contributed by atoms with Crippen LogP contribution in [0.15, 0.2) is 12.2 Å². The summed E-state index contributed by atoms with van der Waals surface area (Å²) in [6.45, 7) is 0. The van der Waals surface area contributed by atoms with Crippen molar-refractivity contribution < 1.29 is 20.1 Å². The zero-order valence-corrected chi connectivity index (χ0v) is 7.64. The molecule has 0 fully saturated rings. The number of fused-ring (bicyclic) bond motifs is 5. The average Bonchev–Trinajstić information content (AvgIpc) is 2.77. The third kappa shape index (κ3) is 0.806. The Morgan fingerprint density at radius 1 is 1.13 bits per heavy atom. The van der Waals surface area contributed by atoms with Gasteiger partial charge in [0.2, 0.25) is 0 Å². The van der Waals surface area contributed by atoms with Gasteiger partial charge in [0.25, 0.3) is 0 Å². The van der Waals surface area contributed by atoms with Crippen molar-refractivity contribution in [2.75, 3.05) is 0 Å². The number of hydrogen-bond acceptors (Lipinski definition) is 3. The number of aromatic amines is 1. The first kappa shape index (κ1) is 8.40.